The van der Waals surface area contributed by atoms with Gasteiger partial charge in [-0.1, -0.05) is 24.3 Å². The average molecular weight is 448 g/mol. The van der Waals surface area contributed by atoms with Gasteiger partial charge in [0, 0.05) is 35.4 Å². The van der Waals surface area contributed by atoms with Gasteiger partial charge in [0.2, 0.25) is 0 Å². The normalized spacial score (nSPS) is 28.5. The number of aliphatic hydroxyl groups excluding tert-OH is 2. The zero-order valence-electron chi connectivity index (χ0n) is 16.6. The van der Waals surface area contributed by atoms with Gasteiger partial charge >= 0.3 is 0 Å². The third kappa shape index (κ3) is 4.46. The minimum Gasteiger partial charge on any atom is -0.394 e. The second kappa shape index (κ2) is 9.24. The summed E-state index contributed by atoms with van der Waals surface area (Å²) in [6.07, 6.45) is -5.97. The summed E-state index contributed by atoms with van der Waals surface area (Å²) in [4.78, 5) is 20.9. The maximum Gasteiger partial charge on any atom is 0.269 e. The third-order valence-corrected chi connectivity index (χ3v) is 5.26. The van der Waals surface area contributed by atoms with Crippen LogP contribution in [0.5, 0.6) is 0 Å². The van der Waals surface area contributed by atoms with E-state index >= 15 is 0 Å². The van der Waals surface area contributed by atoms with Gasteiger partial charge in [-0.2, -0.15) is 0 Å². The highest BCUT2D eigenvalue weighted by Gasteiger charge is 2.46. The fourth-order valence-electron chi connectivity index (χ4n) is 3.66. The van der Waals surface area contributed by atoms with Crippen LogP contribution in [0.1, 0.15) is 23.7 Å². The van der Waals surface area contributed by atoms with E-state index < -0.39 is 53.4 Å². The molecule has 2 heterocycles. The Morgan fingerprint density at radius 3 is 2.09 bits per heavy atom. The fraction of sp³-hybridized carbons (Fsp3) is 0.400. The Morgan fingerprint density at radius 1 is 0.938 bits per heavy atom. The van der Waals surface area contributed by atoms with Crippen molar-refractivity contribution in [3.63, 3.8) is 0 Å². The molecule has 2 aromatic rings. The van der Waals surface area contributed by atoms with Crippen LogP contribution in [0.4, 0.5) is 11.4 Å². The molecule has 12 heteroatoms. The van der Waals surface area contributed by atoms with E-state index in [1.54, 1.807) is 12.1 Å². The van der Waals surface area contributed by atoms with Crippen molar-refractivity contribution in [3.8, 4) is 0 Å². The Bertz CT molecular complexity index is 1000. The van der Waals surface area contributed by atoms with Crippen LogP contribution in [-0.4, -0.2) is 57.7 Å². The Balaban J connectivity index is 1.45. The number of hydrogen-bond acceptors (Lipinski definition) is 10. The first-order valence-electron chi connectivity index (χ1n) is 9.73. The molecular weight excluding hydrogens is 428 g/mol. The Labute approximate surface area is 181 Å². The van der Waals surface area contributed by atoms with Crippen molar-refractivity contribution in [1.29, 1.82) is 0 Å². The molecule has 4 rings (SSSR count). The number of hydrogen-bond donors (Lipinski definition) is 2. The molecule has 2 unspecified atom stereocenters. The molecule has 32 heavy (non-hydrogen) atoms. The highest BCUT2D eigenvalue weighted by Crippen LogP contribution is 2.37. The van der Waals surface area contributed by atoms with Gasteiger partial charge < -0.3 is 29.2 Å². The van der Waals surface area contributed by atoms with Gasteiger partial charge in [0.05, 0.1) is 23.1 Å². The number of rotatable bonds is 7. The molecule has 2 aliphatic heterocycles. The summed E-state index contributed by atoms with van der Waals surface area (Å²) in [7, 11) is 0. The van der Waals surface area contributed by atoms with E-state index in [1.165, 1.54) is 36.4 Å². The zero-order valence-corrected chi connectivity index (χ0v) is 16.6. The van der Waals surface area contributed by atoms with Crippen LogP contribution in [0.25, 0.3) is 0 Å². The van der Waals surface area contributed by atoms with Crippen LogP contribution in [-0.2, 0) is 18.9 Å². The summed E-state index contributed by atoms with van der Waals surface area (Å²) in [6.45, 7) is -0.483. The molecule has 2 saturated heterocycles. The van der Waals surface area contributed by atoms with Crippen molar-refractivity contribution < 1.29 is 39.0 Å². The molecule has 0 radical (unpaired) electrons. The third-order valence-electron chi connectivity index (χ3n) is 5.26. The van der Waals surface area contributed by atoms with Gasteiger partial charge in [-0.15, -0.1) is 0 Å². The van der Waals surface area contributed by atoms with Gasteiger partial charge in [0.1, 0.15) is 24.4 Å². The number of nitro benzene ring substituents is 2. The van der Waals surface area contributed by atoms with E-state index in [-0.39, 0.29) is 18.0 Å². The van der Waals surface area contributed by atoms with E-state index in [4.69, 9.17) is 18.9 Å². The van der Waals surface area contributed by atoms with Gasteiger partial charge in [0.15, 0.2) is 12.6 Å². The first kappa shape index (κ1) is 22.2. The van der Waals surface area contributed by atoms with Crippen molar-refractivity contribution in [2.45, 2.75) is 37.0 Å². The molecule has 2 aliphatic rings. The lowest BCUT2D eigenvalue weighted by molar-refractivity contribution is -0.385. The summed E-state index contributed by atoms with van der Waals surface area (Å²) >= 11 is 0. The number of nitrogens with zero attached hydrogens (tertiary/aromatic N) is 2. The summed E-state index contributed by atoms with van der Waals surface area (Å²) < 4.78 is 22.7. The zero-order chi connectivity index (χ0) is 22.8. The lowest BCUT2D eigenvalue weighted by atomic mass is 10.0. The molecular formula is C20H20N2O10. The number of non-ortho nitro benzene ring substituents is 2. The van der Waals surface area contributed by atoms with Crippen molar-refractivity contribution in [3.05, 3.63) is 79.9 Å². The number of aliphatic hydroxyl groups is 2. The van der Waals surface area contributed by atoms with Gasteiger partial charge in [-0.3, -0.25) is 20.2 Å². The minimum atomic E-state index is -1.26. The predicted octanol–water partition coefficient (Wildman–Crippen LogP) is 1.75. The predicted molar refractivity (Wildman–Crippen MR) is 105 cm³/mol. The molecule has 6 atom stereocenters. The fourth-order valence-corrected chi connectivity index (χ4v) is 3.66. The average Bonchev–Trinajstić information content (AvgIpc) is 3.46. The van der Waals surface area contributed by atoms with Crippen LogP contribution in [0.15, 0.2) is 48.5 Å². The molecule has 0 saturated carbocycles. The van der Waals surface area contributed by atoms with E-state index in [9.17, 15) is 30.4 Å². The Kier molecular flexibility index (Phi) is 6.41. The van der Waals surface area contributed by atoms with E-state index in [0.29, 0.717) is 11.1 Å². The van der Waals surface area contributed by atoms with E-state index in [0.717, 1.165) is 0 Å². The largest absolute Gasteiger partial charge is 0.394 e. The molecule has 0 aromatic heterocycles. The Hall–Kier alpha value is -3.00. The maximum absolute atomic E-state index is 11.0. The van der Waals surface area contributed by atoms with Crippen molar-refractivity contribution in [1.82, 2.24) is 0 Å². The summed E-state index contributed by atoms with van der Waals surface area (Å²) in [5.41, 5.74) is 0.522. The molecule has 2 aromatic carbocycles. The summed E-state index contributed by atoms with van der Waals surface area (Å²) in [6, 6.07) is 11.5. The number of ether oxygens (including phenoxy) is 4. The molecule has 0 amide bonds. The number of nitro groups is 2. The molecule has 0 bridgehead atoms. The smallest absolute Gasteiger partial charge is 0.269 e. The minimum absolute atomic E-state index is 0.0198. The van der Waals surface area contributed by atoms with Gasteiger partial charge in [0.25, 0.3) is 11.4 Å². The monoisotopic (exact) mass is 448 g/mol. The van der Waals surface area contributed by atoms with Crippen LogP contribution in [0.3, 0.4) is 0 Å². The van der Waals surface area contributed by atoms with E-state index in [1.807, 2.05) is 0 Å². The van der Waals surface area contributed by atoms with Crippen LogP contribution >= 0.6 is 0 Å². The molecule has 0 aliphatic carbocycles. The molecule has 2 N–H and O–H groups in total. The van der Waals surface area contributed by atoms with E-state index in [2.05, 4.69) is 0 Å². The molecule has 12 nitrogen and oxygen atoms in total. The second-order valence-corrected chi connectivity index (χ2v) is 7.32. The Morgan fingerprint density at radius 2 is 1.53 bits per heavy atom. The van der Waals surface area contributed by atoms with Crippen molar-refractivity contribution in [2.24, 2.45) is 0 Å². The highest BCUT2D eigenvalue weighted by molar-refractivity contribution is 5.36. The quantitative estimate of drug-likeness (QED) is 0.471. The lowest BCUT2D eigenvalue weighted by Gasteiger charge is -2.24. The van der Waals surface area contributed by atoms with Crippen LogP contribution < -0.4 is 0 Å². The van der Waals surface area contributed by atoms with Gasteiger partial charge in [-0.25, -0.2) is 0 Å². The van der Waals surface area contributed by atoms with Crippen molar-refractivity contribution in [2.75, 3.05) is 13.2 Å². The first-order chi connectivity index (χ1) is 15.4. The summed E-state index contributed by atoms with van der Waals surface area (Å²) in [5.74, 6) is 0. The number of benzene rings is 2. The SMILES string of the molecule is O=[N+]([O-])c1cccc(C2OC[C@@H]([C@H](O)[C@H]3OC(c4cccc([N+](=O)[O-])c4)O[C@@H]3CO)O2)c1. The maximum atomic E-state index is 11.0. The van der Waals surface area contributed by atoms with Crippen LogP contribution in [0.2, 0.25) is 0 Å². The highest BCUT2D eigenvalue weighted by atomic mass is 16.8. The summed E-state index contributed by atoms with van der Waals surface area (Å²) in [5, 5.41) is 42.5. The first-order valence-corrected chi connectivity index (χ1v) is 9.73. The van der Waals surface area contributed by atoms with Gasteiger partial charge in [-0.05, 0) is 0 Å². The second-order valence-electron chi connectivity index (χ2n) is 7.32. The molecule has 170 valence electrons. The van der Waals surface area contributed by atoms with Crippen LogP contribution in [0, 0.1) is 20.2 Å². The molecule has 0 spiro atoms. The molecule has 2 fully saturated rings. The van der Waals surface area contributed by atoms with Crippen molar-refractivity contribution >= 4 is 11.4 Å². The standard InChI is InChI=1S/C20H20N2O10/c23-9-15-18(32-20(30-15)12-4-2-6-14(8-12)22(27)28)17(24)16-10-29-19(31-16)11-3-1-5-13(7-11)21(25)26/h1-8,15-20,23-24H,9-10H2/t15-,16+,17+,18+,19?,20?/m1/s1. The topological polar surface area (TPSA) is 164 Å². The lowest BCUT2D eigenvalue weighted by Crippen LogP contribution is -2.45.